The van der Waals surface area contributed by atoms with Crippen LogP contribution in [0.2, 0.25) is 0 Å². The fourth-order valence-corrected chi connectivity index (χ4v) is 9.32. The summed E-state index contributed by atoms with van der Waals surface area (Å²) in [5.41, 5.74) is 12.8. The Morgan fingerprint density at radius 2 is 1.14 bits per heavy atom. The lowest BCUT2D eigenvalue weighted by Crippen LogP contribution is -2.14. The van der Waals surface area contributed by atoms with Gasteiger partial charge in [-0.1, -0.05) is 153 Å². The fraction of sp³-hybridized carbons (Fsp3) is 0.0556. The summed E-state index contributed by atoms with van der Waals surface area (Å²) in [6.07, 6.45) is 3.28. The lowest BCUT2D eigenvalue weighted by Gasteiger charge is -2.26. The molecule has 0 N–H and O–H groups in total. The maximum atomic E-state index is 6.85. The van der Waals surface area contributed by atoms with Gasteiger partial charge in [-0.25, -0.2) is 15.0 Å². The lowest BCUT2D eigenvalue weighted by molar-refractivity contribution is 0.667. The number of aromatic nitrogens is 4. The zero-order valence-electron chi connectivity index (χ0n) is 32.3. The van der Waals surface area contributed by atoms with Gasteiger partial charge in [-0.2, -0.15) is 0 Å². The van der Waals surface area contributed by atoms with Gasteiger partial charge in [-0.3, -0.25) is 0 Å². The molecule has 8 aromatic carbocycles. The average Bonchev–Trinajstić information content (AvgIpc) is 3.84. The maximum Gasteiger partial charge on any atom is 0.167 e. The van der Waals surface area contributed by atoms with Crippen molar-refractivity contribution in [2.45, 2.75) is 13.3 Å². The molecule has 5 heteroatoms. The molecule has 11 aromatic rings. The van der Waals surface area contributed by atoms with Crippen molar-refractivity contribution in [3.8, 4) is 45.3 Å². The van der Waals surface area contributed by atoms with Gasteiger partial charge in [0.1, 0.15) is 11.2 Å². The number of benzene rings is 8. The second-order valence-corrected chi connectivity index (χ2v) is 15.6. The highest BCUT2D eigenvalue weighted by molar-refractivity contribution is 6.16. The van der Waals surface area contributed by atoms with Crippen LogP contribution < -0.4 is 0 Å². The zero-order valence-corrected chi connectivity index (χ0v) is 32.3. The van der Waals surface area contributed by atoms with Gasteiger partial charge in [0.05, 0.1) is 16.6 Å². The number of furan rings is 1. The van der Waals surface area contributed by atoms with Crippen LogP contribution in [-0.4, -0.2) is 19.5 Å². The Hall–Kier alpha value is -7.63. The summed E-state index contributed by atoms with van der Waals surface area (Å²) in [5.74, 6) is 2.05. The molecule has 1 aliphatic carbocycles. The van der Waals surface area contributed by atoms with E-state index in [4.69, 9.17) is 19.4 Å². The van der Waals surface area contributed by atoms with E-state index >= 15 is 0 Å². The molecule has 5 nitrogen and oxygen atoms in total. The number of fused-ring (bicyclic) bond motifs is 9. The standard InChI is InChI=1S/C54H36N4O/c1-33-29-44-38(32-47(33)58-46-26-13-12-22-40(46)45-30-36-19-8-9-20-37(36)31-48(45)58)27-28-49-50(44)42-24-14-25-43(51(42)59-49)54-56-52(35-17-6-3-7-18-35)55-53(57-54)41-23-11-10-21-39(41)34-15-4-2-5-16-34/h2-28,30-33H,29H2,1H3. The molecule has 1 unspecified atom stereocenters. The van der Waals surface area contributed by atoms with Crippen molar-refractivity contribution in [2.24, 2.45) is 5.92 Å². The Bertz CT molecular complexity index is 3490. The molecule has 0 bridgehead atoms. The molecule has 0 spiro atoms. The van der Waals surface area contributed by atoms with Crippen LogP contribution in [0.3, 0.4) is 0 Å². The molecule has 0 fully saturated rings. The Morgan fingerprint density at radius 1 is 0.508 bits per heavy atom. The van der Waals surface area contributed by atoms with Crippen LogP contribution in [0.25, 0.3) is 112 Å². The van der Waals surface area contributed by atoms with E-state index < -0.39 is 0 Å². The van der Waals surface area contributed by atoms with E-state index in [-0.39, 0.29) is 5.92 Å². The van der Waals surface area contributed by atoms with E-state index in [1.165, 1.54) is 49.4 Å². The van der Waals surface area contributed by atoms with E-state index in [2.05, 4.69) is 151 Å². The molecule has 0 amide bonds. The molecular formula is C54H36N4O. The minimum atomic E-state index is 0.246. The van der Waals surface area contributed by atoms with Crippen LogP contribution in [0.1, 0.15) is 18.1 Å². The Kier molecular flexibility index (Phi) is 7.51. The van der Waals surface area contributed by atoms with Gasteiger partial charge in [0.15, 0.2) is 17.5 Å². The summed E-state index contributed by atoms with van der Waals surface area (Å²) in [7, 11) is 0. The molecule has 59 heavy (non-hydrogen) atoms. The number of hydrogen-bond donors (Lipinski definition) is 0. The van der Waals surface area contributed by atoms with E-state index in [1.807, 2.05) is 42.5 Å². The van der Waals surface area contributed by atoms with Crippen molar-refractivity contribution in [3.63, 3.8) is 0 Å². The largest absolute Gasteiger partial charge is 0.455 e. The first-order chi connectivity index (χ1) is 29.2. The number of allylic oxidation sites excluding steroid dienone is 1. The van der Waals surface area contributed by atoms with Crippen LogP contribution >= 0.6 is 0 Å². The van der Waals surface area contributed by atoms with Gasteiger partial charge in [0.2, 0.25) is 0 Å². The monoisotopic (exact) mass is 756 g/mol. The van der Waals surface area contributed by atoms with Crippen LogP contribution in [0.15, 0.2) is 180 Å². The Morgan fingerprint density at radius 3 is 1.95 bits per heavy atom. The van der Waals surface area contributed by atoms with Crippen molar-refractivity contribution in [1.82, 2.24) is 19.5 Å². The highest BCUT2D eigenvalue weighted by atomic mass is 16.3. The van der Waals surface area contributed by atoms with Gasteiger partial charge >= 0.3 is 0 Å². The van der Waals surface area contributed by atoms with E-state index in [0.29, 0.717) is 17.5 Å². The van der Waals surface area contributed by atoms with Gasteiger partial charge < -0.3 is 8.98 Å². The van der Waals surface area contributed by atoms with Crippen LogP contribution in [0.5, 0.6) is 0 Å². The third-order valence-corrected chi connectivity index (χ3v) is 12.1. The summed E-state index contributed by atoms with van der Waals surface area (Å²) in [5, 5.41) is 7.28. The normalized spacial score (nSPS) is 14.1. The van der Waals surface area contributed by atoms with Crippen LogP contribution in [0, 0.1) is 5.92 Å². The Labute approximate surface area is 340 Å². The van der Waals surface area contributed by atoms with Gasteiger partial charge in [0.25, 0.3) is 0 Å². The molecule has 1 aliphatic rings. The summed E-state index contributed by atoms with van der Waals surface area (Å²) >= 11 is 0. The summed E-state index contributed by atoms with van der Waals surface area (Å²) in [6.45, 7) is 2.35. The molecule has 0 aliphatic heterocycles. The maximum absolute atomic E-state index is 6.85. The van der Waals surface area contributed by atoms with Crippen molar-refractivity contribution in [2.75, 3.05) is 0 Å². The first kappa shape index (κ1) is 33.5. The summed E-state index contributed by atoms with van der Waals surface area (Å²) in [4.78, 5) is 15.4. The van der Waals surface area contributed by atoms with Crippen LogP contribution in [-0.2, 0) is 6.42 Å². The average molecular weight is 757 g/mol. The van der Waals surface area contributed by atoms with Crippen molar-refractivity contribution in [3.05, 3.63) is 187 Å². The molecule has 3 heterocycles. The molecule has 278 valence electrons. The topological polar surface area (TPSA) is 56.7 Å². The predicted molar refractivity (Wildman–Crippen MR) is 243 cm³/mol. The van der Waals surface area contributed by atoms with Gasteiger partial charge in [-0.05, 0) is 75.9 Å². The number of nitrogens with zero attached hydrogens (tertiary/aromatic N) is 4. The molecule has 3 aromatic heterocycles. The highest BCUT2D eigenvalue weighted by Crippen LogP contribution is 2.45. The molecule has 1 atom stereocenters. The number of rotatable bonds is 5. The lowest BCUT2D eigenvalue weighted by atomic mass is 9.85. The van der Waals surface area contributed by atoms with Crippen molar-refractivity contribution in [1.29, 1.82) is 0 Å². The van der Waals surface area contributed by atoms with Crippen molar-refractivity contribution >= 4 is 66.3 Å². The second kappa shape index (κ2) is 13.2. The second-order valence-electron chi connectivity index (χ2n) is 15.6. The first-order valence-corrected chi connectivity index (χ1v) is 20.2. The third kappa shape index (κ3) is 5.35. The van der Waals surface area contributed by atoms with E-state index in [1.54, 1.807) is 0 Å². The SMILES string of the molecule is CC1Cc2c(ccc3oc4c(-c5nc(-c6ccccc6)nc(-c6ccccc6-c6ccccc6)n5)cccc4c23)C=C1n1c2ccccc2c2cc3ccccc3cc21. The minimum Gasteiger partial charge on any atom is -0.455 e. The fourth-order valence-electron chi connectivity index (χ4n) is 9.32. The highest BCUT2D eigenvalue weighted by Gasteiger charge is 2.27. The minimum absolute atomic E-state index is 0.246. The van der Waals surface area contributed by atoms with E-state index in [0.717, 1.165) is 56.2 Å². The number of hydrogen-bond acceptors (Lipinski definition) is 4. The summed E-state index contributed by atoms with van der Waals surface area (Å²) < 4.78 is 9.35. The predicted octanol–water partition coefficient (Wildman–Crippen LogP) is 13.9. The zero-order chi connectivity index (χ0) is 39.0. The summed E-state index contributed by atoms with van der Waals surface area (Å²) in [6, 6.07) is 61.8. The molecule has 12 rings (SSSR count). The van der Waals surface area contributed by atoms with E-state index in [9.17, 15) is 0 Å². The third-order valence-electron chi connectivity index (χ3n) is 12.1. The van der Waals surface area contributed by atoms with Crippen LogP contribution in [0.4, 0.5) is 0 Å². The molecule has 0 radical (unpaired) electrons. The molecular weight excluding hydrogens is 721 g/mol. The smallest absolute Gasteiger partial charge is 0.167 e. The van der Waals surface area contributed by atoms with Crippen molar-refractivity contribution < 1.29 is 4.42 Å². The van der Waals surface area contributed by atoms with Gasteiger partial charge in [-0.15, -0.1) is 0 Å². The molecule has 0 saturated carbocycles. The first-order valence-electron chi connectivity index (χ1n) is 20.2. The number of para-hydroxylation sites is 2. The molecule has 0 saturated heterocycles. The Balaban J connectivity index is 1.04. The van der Waals surface area contributed by atoms with Gasteiger partial charge in [0, 0.05) is 44.3 Å². The quantitative estimate of drug-likeness (QED) is 0.175.